The van der Waals surface area contributed by atoms with E-state index in [1.807, 2.05) is 0 Å². The van der Waals surface area contributed by atoms with Gasteiger partial charge in [-0.3, -0.25) is 0 Å². The molecular formula is C12H16F3N3. The standard InChI is InChI=1S/C12H16F3N3/c13-12(14,15)9-4-5-11(18-7-9)17-6-8-2-1-3-10(8)16/h4-5,7-8,10H,1-3,6,16H2,(H,17,18). The first-order chi connectivity index (χ1) is 8.47. The number of pyridine rings is 1. The Morgan fingerprint density at radius 3 is 2.61 bits per heavy atom. The van der Waals surface area contributed by atoms with Crippen molar-refractivity contribution in [1.82, 2.24) is 4.98 Å². The maximum atomic E-state index is 12.3. The summed E-state index contributed by atoms with van der Waals surface area (Å²) in [6.45, 7) is 0.666. The van der Waals surface area contributed by atoms with E-state index in [-0.39, 0.29) is 6.04 Å². The van der Waals surface area contributed by atoms with Gasteiger partial charge >= 0.3 is 6.18 Å². The second kappa shape index (κ2) is 5.14. The molecule has 1 saturated carbocycles. The number of halogens is 3. The molecule has 0 aliphatic heterocycles. The normalized spacial score (nSPS) is 24.2. The third kappa shape index (κ3) is 3.13. The lowest BCUT2D eigenvalue weighted by atomic mass is 10.1. The van der Waals surface area contributed by atoms with Gasteiger partial charge in [0.15, 0.2) is 0 Å². The van der Waals surface area contributed by atoms with Crippen molar-refractivity contribution in [3.05, 3.63) is 23.9 Å². The minimum Gasteiger partial charge on any atom is -0.370 e. The SMILES string of the molecule is NC1CCCC1CNc1ccc(C(F)(F)F)cn1. The van der Waals surface area contributed by atoms with Gasteiger partial charge in [-0.1, -0.05) is 6.42 Å². The summed E-state index contributed by atoms with van der Waals surface area (Å²) in [5.41, 5.74) is 5.18. The highest BCUT2D eigenvalue weighted by Crippen LogP contribution is 2.29. The lowest BCUT2D eigenvalue weighted by molar-refractivity contribution is -0.137. The van der Waals surface area contributed by atoms with Crippen molar-refractivity contribution in [2.24, 2.45) is 11.7 Å². The van der Waals surface area contributed by atoms with Gasteiger partial charge in [-0.15, -0.1) is 0 Å². The van der Waals surface area contributed by atoms with E-state index in [9.17, 15) is 13.2 Å². The Balaban J connectivity index is 1.90. The topological polar surface area (TPSA) is 50.9 Å². The van der Waals surface area contributed by atoms with Crippen LogP contribution in [0, 0.1) is 5.92 Å². The Hall–Kier alpha value is -1.30. The van der Waals surface area contributed by atoms with Crippen LogP contribution in [0.1, 0.15) is 24.8 Å². The summed E-state index contributed by atoms with van der Waals surface area (Å²) in [6.07, 6.45) is -0.286. The van der Waals surface area contributed by atoms with Gasteiger partial charge in [-0.25, -0.2) is 4.98 Å². The van der Waals surface area contributed by atoms with Crippen molar-refractivity contribution >= 4 is 5.82 Å². The number of aromatic nitrogens is 1. The van der Waals surface area contributed by atoms with Crippen LogP contribution in [0.2, 0.25) is 0 Å². The highest BCUT2D eigenvalue weighted by Gasteiger charge is 2.30. The molecule has 2 atom stereocenters. The minimum atomic E-state index is -4.33. The van der Waals surface area contributed by atoms with Gasteiger partial charge < -0.3 is 11.1 Å². The molecule has 1 heterocycles. The molecular weight excluding hydrogens is 243 g/mol. The van der Waals surface area contributed by atoms with Crippen LogP contribution in [-0.2, 0) is 6.18 Å². The molecule has 18 heavy (non-hydrogen) atoms. The molecule has 3 N–H and O–H groups in total. The molecule has 1 aromatic heterocycles. The van der Waals surface area contributed by atoms with Gasteiger partial charge in [0.2, 0.25) is 0 Å². The van der Waals surface area contributed by atoms with Gasteiger partial charge in [0.1, 0.15) is 5.82 Å². The molecule has 0 aromatic carbocycles. The van der Waals surface area contributed by atoms with E-state index < -0.39 is 11.7 Å². The molecule has 0 bridgehead atoms. The Bertz CT molecular complexity index is 389. The summed E-state index contributed by atoms with van der Waals surface area (Å²) in [5, 5.41) is 3.04. The first-order valence-electron chi connectivity index (χ1n) is 5.99. The fourth-order valence-corrected chi connectivity index (χ4v) is 2.22. The third-order valence-electron chi connectivity index (χ3n) is 3.35. The van der Waals surface area contributed by atoms with Crippen LogP contribution in [-0.4, -0.2) is 17.6 Å². The summed E-state index contributed by atoms with van der Waals surface area (Å²) in [6, 6.07) is 2.57. The van der Waals surface area contributed by atoms with E-state index in [1.54, 1.807) is 0 Å². The summed E-state index contributed by atoms with van der Waals surface area (Å²) >= 11 is 0. The van der Waals surface area contributed by atoms with E-state index in [0.29, 0.717) is 18.3 Å². The van der Waals surface area contributed by atoms with Crippen molar-refractivity contribution in [2.75, 3.05) is 11.9 Å². The zero-order chi connectivity index (χ0) is 13.2. The first-order valence-corrected chi connectivity index (χ1v) is 5.99. The predicted octanol–water partition coefficient (Wildman–Crippen LogP) is 2.64. The summed E-state index contributed by atoms with van der Waals surface area (Å²) in [5.74, 6) is 0.844. The summed E-state index contributed by atoms with van der Waals surface area (Å²) < 4.78 is 37.0. The lowest BCUT2D eigenvalue weighted by Crippen LogP contribution is -2.29. The Labute approximate surface area is 104 Å². The number of nitrogens with zero attached hydrogens (tertiary/aromatic N) is 1. The number of rotatable bonds is 3. The van der Waals surface area contributed by atoms with E-state index in [2.05, 4.69) is 10.3 Å². The van der Waals surface area contributed by atoms with Crippen molar-refractivity contribution in [1.29, 1.82) is 0 Å². The molecule has 1 aliphatic carbocycles. The van der Waals surface area contributed by atoms with Crippen LogP contribution in [0.25, 0.3) is 0 Å². The second-order valence-electron chi connectivity index (χ2n) is 4.67. The molecule has 0 spiro atoms. The van der Waals surface area contributed by atoms with Crippen LogP contribution in [0.15, 0.2) is 18.3 Å². The molecule has 1 aromatic rings. The average molecular weight is 259 g/mol. The predicted molar refractivity (Wildman–Crippen MR) is 63.0 cm³/mol. The molecule has 3 nitrogen and oxygen atoms in total. The van der Waals surface area contributed by atoms with Gasteiger partial charge in [0.05, 0.1) is 5.56 Å². The van der Waals surface area contributed by atoms with Crippen LogP contribution < -0.4 is 11.1 Å². The lowest BCUT2D eigenvalue weighted by Gasteiger charge is -2.16. The van der Waals surface area contributed by atoms with E-state index in [0.717, 1.165) is 31.5 Å². The van der Waals surface area contributed by atoms with E-state index in [4.69, 9.17) is 5.73 Å². The quantitative estimate of drug-likeness (QED) is 0.877. The third-order valence-corrected chi connectivity index (χ3v) is 3.35. The zero-order valence-electron chi connectivity index (χ0n) is 9.87. The molecule has 0 amide bonds. The molecule has 2 rings (SSSR count). The molecule has 100 valence electrons. The number of hydrogen-bond acceptors (Lipinski definition) is 3. The van der Waals surface area contributed by atoms with Gasteiger partial charge in [0, 0.05) is 18.8 Å². The molecule has 1 aliphatic rings. The first kappa shape index (κ1) is 13.1. The zero-order valence-corrected chi connectivity index (χ0v) is 9.87. The highest BCUT2D eigenvalue weighted by atomic mass is 19.4. The number of alkyl halides is 3. The maximum Gasteiger partial charge on any atom is 0.417 e. The van der Waals surface area contributed by atoms with E-state index >= 15 is 0 Å². The Morgan fingerprint density at radius 1 is 1.33 bits per heavy atom. The molecule has 0 saturated heterocycles. The van der Waals surface area contributed by atoms with Gasteiger partial charge in [-0.2, -0.15) is 13.2 Å². The van der Waals surface area contributed by atoms with Crippen molar-refractivity contribution in [3.63, 3.8) is 0 Å². The largest absolute Gasteiger partial charge is 0.417 e. The molecule has 1 fully saturated rings. The Kier molecular flexibility index (Phi) is 3.75. The monoisotopic (exact) mass is 259 g/mol. The number of nitrogens with one attached hydrogen (secondary N) is 1. The molecule has 2 unspecified atom stereocenters. The van der Waals surface area contributed by atoms with Crippen molar-refractivity contribution < 1.29 is 13.2 Å². The van der Waals surface area contributed by atoms with Crippen LogP contribution in [0.4, 0.5) is 19.0 Å². The number of nitrogens with two attached hydrogens (primary N) is 1. The highest BCUT2D eigenvalue weighted by molar-refractivity contribution is 5.36. The minimum absolute atomic E-state index is 0.187. The van der Waals surface area contributed by atoms with Gasteiger partial charge in [-0.05, 0) is 30.9 Å². The van der Waals surface area contributed by atoms with E-state index in [1.165, 1.54) is 6.07 Å². The summed E-state index contributed by atoms with van der Waals surface area (Å²) in [4.78, 5) is 3.76. The number of hydrogen-bond donors (Lipinski definition) is 2. The van der Waals surface area contributed by atoms with Crippen LogP contribution >= 0.6 is 0 Å². The van der Waals surface area contributed by atoms with Crippen LogP contribution in [0.5, 0.6) is 0 Å². The smallest absolute Gasteiger partial charge is 0.370 e. The van der Waals surface area contributed by atoms with Crippen LogP contribution in [0.3, 0.4) is 0 Å². The fraction of sp³-hybridized carbons (Fsp3) is 0.583. The summed E-state index contributed by atoms with van der Waals surface area (Å²) in [7, 11) is 0. The number of anilines is 1. The maximum absolute atomic E-state index is 12.3. The van der Waals surface area contributed by atoms with Gasteiger partial charge in [0.25, 0.3) is 0 Å². The Morgan fingerprint density at radius 2 is 2.11 bits per heavy atom. The fourth-order valence-electron chi connectivity index (χ4n) is 2.22. The van der Waals surface area contributed by atoms with Crippen molar-refractivity contribution in [3.8, 4) is 0 Å². The molecule has 6 heteroatoms. The van der Waals surface area contributed by atoms with Crippen molar-refractivity contribution in [2.45, 2.75) is 31.5 Å². The average Bonchev–Trinajstić information content (AvgIpc) is 2.72. The second-order valence-corrected chi connectivity index (χ2v) is 4.67. The molecule has 0 radical (unpaired) electrons.